The van der Waals surface area contributed by atoms with Crippen molar-refractivity contribution in [2.24, 2.45) is 11.8 Å². The van der Waals surface area contributed by atoms with Crippen molar-refractivity contribution in [1.82, 2.24) is 0 Å². The van der Waals surface area contributed by atoms with E-state index in [-0.39, 0.29) is 5.92 Å². The minimum absolute atomic E-state index is 0.283. The monoisotopic (exact) mass is 451 g/mol. The van der Waals surface area contributed by atoms with Crippen molar-refractivity contribution in [2.45, 2.75) is 53.1 Å². The zero-order valence-electron chi connectivity index (χ0n) is 18.7. The highest BCUT2D eigenvalue weighted by molar-refractivity contribution is 6.77. The fraction of sp³-hybridized carbons (Fsp3) is 0.370. The predicted molar refractivity (Wildman–Crippen MR) is 135 cm³/mol. The Morgan fingerprint density at radius 2 is 1.73 bits per heavy atom. The van der Waals surface area contributed by atoms with Gasteiger partial charge in [0.25, 0.3) is 0 Å². The van der Waals surface area contributed by atoms with Crippen LogP contribution in [0.1, 0.15) is 51.2 Å². The Labute approximate surface area is 192 Å². The molecule has 0 amide bonds. The normalized spacial score (nSPS) is 23.4. The summed E-state index contributed by atoms with van der Waals surface area (Å²) in [5, 5.41) is 2.80. The van der Waals surface area contributed by atoms with Crippen LogP contribution in [0.25, 0.3) is 6.08 Å². The van der Waals surface area contributed by atoms with E-state index < -0.39 is 8.41 Å². The maximum atomic E-state index is 6.90. The summed E-state index contributed by atoms with van der Waals surface area (Å²) in [5.74, 6) is 1.14. The van der Waals surface area contributed by atoms with Gasteiger partial charge >= 0.3 is 0 Å². The van der Waals surface area contributed by atoms with Crippen LogP contribution in [-0.4, -0.2) is 13.6 Å². The van der Waals surface area contributed by atoms with Crippen LogP contribution in [0.2, 0.25) is 13.1 Å². The van der Waals surface area contributed by atoms with Gasteiger partial charge in [0.05, 0.1) is 10.1 Å². The van der Waals surface area contributed by atoms with E-state index in [2.05, 4.69) is 83.3 Å². The van der Waals surface area contributed by atoms with Gasteiger partial charge in [0, 0.05) is 20.2 Å². The summed E-state index contributed by atoms with van der Waals surface area (Å²) in [7, 11) is -0.784. The van der Waals surface area contributed by atoms with E-state index >= 15 is 0 Å². The van der Waals surface area contributed by atoms with E-state index in [0.717, 1.165) is 17.0 Å². The van der Waals surface area contributed by atoms with Gasteiger partial charge in [0.1, 0.15) is 0 Å². The number of benzene rings is 1. The summed E-state index contributed by atoms with van der Waals surface area (Å²) in [6, 6.07) is 8.79. The van der Waals surface area contributed by atoms with Gasteiger partial charge in [-0.3, -0.25) is 0 Å². The Morgan fingerprint density at radius 1 is 1.03 bits per heavy atom. The van der Waals surface area contributed by atoms with Crippen LogP contribution in [0.4, 0.5) is 0 Å². The third-order valence-corrected chi connectivity index (χ3v) is 9.04. The lowest BCUT2D eigenvalue weighted by Gasteiger charge is -2.29. The van der Waals surface area contributed by atoms with Crippen LogP contribution in [0, 0.1) is 17.9 Å². The van der Waals surface area contributed by atoms with E-state index in [4.69, 9.17) is 23.2 Å². The van der Waals surface area contributed by atoms with Crippen molar-refractivity contribution < 1.29 is 0 Å². The van der Waals surface area contributed by atoms with Gasteiger partial charge < -0.3 is 0 Å². The molecule has 0 bridgehead atoms. The Morgan fingerprint density at radius 3 is 2.40 bits per heavy atom. The average Bonchev–Trinajstić information content (AvgIpc) is 3.12. The van der Waals surface area contributed by atoms with Crippen molar-refractivity contribution in [3.05, 3.63) is 85.5 Å². The first kappa shape index (κ1) is 21.8. The Kier molecular flexibility index (Phi) is 6.00. The highest BCUT2D eigenvalue weighted by Crippen LogP contribution is 2.51. The second kappa shape index (κ2) is 8.26. The first-order chi connectivity index (χ1) is 14.2. The number of hydrogen-bond donors (Lipinski definition) is 0. The maximum absolute atomic E-state index is 6.90. The molecule has 0 aromatic heterocycles. The van der Waals surface area contributed by atoms with Gasteiger partial charge in [0.15, 0.2) is 0 Å². The molecule has 0 heterocycles. The third kappa shape index (κ3) is 3.59. The molecule has 1 radical (unpaired) electrons. The highest BCUT2D eigenvalue weighted by atomic mass is 35.5. The molecule has 0 aliphatic heterocycles. The highest BCUT2D eigenvalue weighted by Gasteiger charge is 2.38. The number of fused-ring (bicyclic) bond motifs is 2. The van der Waals surface area contributed by atoms with Crippen LogP contribution in [0.15, 0.2) is 68.3 Å². The Balaban J connectivity index is 2.01. The Bertz CT molecular complexity index is 1100. The topological polar surface area (TPSA) is 0 Å². The van der Waals surface area contributed by atoms with Gasteiger partial charge in [-0.2, -0.15) is 0 Å². The quantitative estimate of drug-likeness (QED) is 0.407. The first-order valence-electron chi connectivity index (χ1n) is 10.8. The van der Waals surface area contributed by atoms with Gasteiger partial charge in [-0.1, -0.05) is 86.1 Å². The molecule has 0 saturated heterocycles. The van der Waals surface area contributed by atoms with E-state index in [1.165, 1.54) is 38.6 Å². The molecule has 155 valence electrons. The van der Waals surface area contributed by atoms with E-state index in [1.807, 2.05) is 0 Å². The van der Waals surface area contributed by atoms with Gasteiger partial charge in [0.2, 0.25) is 0 Å². The van der Waals surface area contributed by atoms with Gasteiger partial charge in [-0.05, 0) is 76.9 Å². The molecule has 1 aromatic rings. The minimum Gasteiger partial charge on any atom is -0.0828 e. The number of rotatable bonds is 3. The molecular formula is C27H29Cl2Si. The molecular weight excluding hydrogens is 423 g/mol. The summed E-state index contributed by atoms with van der Waals surface area (Å²) >= 11 is 13.6. The molecule has 3 aliphatic rings. The lowest BCUT2D eigenvalue weighted by Crippen LogP contribution is -2.26. The van der Waals surface area contributed by atoms with E-state index in [9.17, 15) is 0 Å². The fourth-order valence-corrected chi connectivity index (χ4v) is 7.87. The third-order valence-electron chi connectivity index (χ3n) is 6.40. The minimum atomic E-state index is -0.784. The molecule has 4 rings (SSSR count). The van der Waals surface area contributed by atoms with Gasteiger partial charge in [-0.25, -0.2) is 0 Å². The zero-order valence-corrected chi connectivity index (χ0v) is 21.2. The summed E-state index contributed by atoms with van der Waals surface area (Å²) < 4.78 is 0. The largest absolute Gasteiger partial charge is 0.0828 e. The van der Waals surface area contributed by atoms with E-state index in [1.54, 1.807) is 0 Å². The van der Waals surface area contributed by atoms with Crippen molar-refractivity contribution >= 4 is 42.9 Å². The summed E-state index contributed by atoms with van der Waals surface area (Å²) in [5.41, 5.74) is 9.33. The molecule has 3 aliphatic carbocycles. The van der Waals surface area contributed by atoms with E-state index in [0.29, 0.717) is 16.9 Å². The van der Waals surface area contributed by atoms with Crippen LogP contribution < -0.4 is 0 Å². The van der Waals surface area contributed by atoms with Gasteiger partial charge in [-0.15, -0.1) is 0 Å². The first-order valence-corrected chi connectivity index (χ1v) is 14.0. The predicted octanol–water partition coefficient (Wildman–Crippen LogP) is 8.05. The maximum Gasteiger partial charge on any atom is 0.0597 e. The SMILES string of the molecule is CC1=[C]C2=CC(Cl)=C(Cl)C(=[Si](C)C)C(CC(C)C)C2=C1C1C(C)=Cc2ccccc21. The zero-order chi connectivity index (χ0) is 21.7. The fourth-order valence-electron chi connectivity index (χ4n) is 5.30. The summed E-state index contributed by atoms with van der Waals surface area (Å²) in [4.78, 5) is 0. The average molecular weight is 453 g/mol. The van der Waals surface area contributed by atoms with Crippen molar-refractivity contribution in [2.75, 3.05) is 0 Å². The molecule has 1 aromatic carbocycles. The molecule has 30 heavy (non-hydrogen) atoms. The summed E-state index contributed by atoms with van der Waals surface area (Å²) in [6.07, 6.45) is 9.16. The number of halogens is 2. The molecule has 2 unspecified atom stereocenters. The van der Waals surface area contributed by atoms with Crippen molar-refractivity contribution in [3.63, 3.8) is 0 Å². The number of hydrogen-bond acceptors (Lipinski definition) is 0. The smallest absolute Gasteiger partial charge is 0.0597 e. The second-order valence-corrected chi connectivity index (χ2v) is 12.7. The lowest BCUT2D eigenvalue weighted by atomic mass is 9.78. The van der Waals surface area contributed by atoms with Crippen molar-refractivity contribution in [1.29, 1.82) is 0 Å². The molecule has 0 fully saturated rings. The standard InChI is InChI=1S/C27H29Cl2Si/c1-15(2)11-21-25-19(14-22(28)26(29)27(21)30(5)6)13-17(4)24(25)23-16(3)12-18-9-7-8-10-20(18)23/h7-10,12,14-15,21,23H,11H2,1-6H3. The van der Waals surface area contributed by atoms with Crippen LogP contribution >= 0.6 is 23.2 Å². The molecule has 0 saturated carbocycles. The van der Waals surface area contributed by atoms with Crippen LogP contribution in [-0.2, 0) is 0 Å². The van der Waals surface area contributed by atoms with Crippen molar-refractivity contribution in [3.8, 4) is 0 Å². The second-order valence-electron chi connectivity index (χ2n) is 9.34. The van der Waals surface area contributed by atoms with Crippen LogP contribution in [0.5, 0.6) is 0 Å². The molecule has 0 spiro atoms. The Hall–Kier alpha value is -1.41. The molecule has 0 nitrogen and oxygen atoms in total. The van der Waals surface area contributed by atoms with Crippen LogP contribution in [0.3, 0.4) is 0 Å². The number of allylic oxidation sites excluding steroid dienone is 9. The molecule has 3 heteroatoms. The molecule has 0 N–H and O–H groups in total. The lowest BCUT2D eigenvalue weighted by molar-refractivity contribution is 0.539. The summed E-state index contributed by atoms with van der Waals surface area (Å²) in [6.45, 7) is 13.7. The molecule has 2 atom stereocenters.